The first-order valence-electron chi connectivity index (χ1n) is 12.8. The van der Waals surface area contributed by atoms with Crippen LogP contribution < -0.4 is 14.8 Å². The molecule has 3 heterocycles. The molecule has 1 saturated heterocycles. The van der Waals surface area contributed by atoms with Crippen LogP contribution in [0.3, 0.4) is 0 Å². The summed E-state index contributed by atoms with van der Waals surface area (Å²) in [4.78, 5) is 23.5. The molecule has 35 heavy (non-hydrogen) atoms. The van der Waals surface area contributed by atoms with Crippen molar-refractivity contribution in [1.82, 2.24) is 20.2 Å². The van der Waals surface area contributed by atoms with Gasteiger partial charge in [-0.1, -0.05) is 12.1 Å². The summed E-state index contributed by atoms with van der Waals surface area (Å²) in [7, 11) is 0. The van der Waals surface area contributed by atoms with Gasteiger partial charge in [0.2, 0.25) is 0 Å². The summed E-state index contributed by atoms with van der Waals surface area (Å²) in [5.74, 6) is 2.21. The Morgan fingerprint density at radius 3 is 2.51 bits per heavy atom. The Hall–Kier alpha value is -3.19. The summed E-state index contributed by atoms with van der Waals surface area (Å²) in [5.41, 5.74) is 0.823. The van der Waals surface area contributed by atoms with Crippen molar-refractivity contribution in [2.24, 2.45) is 5.92 Å². The second-order valence-electron chi connectivity index (χ2n) is 9.71. The fourth-order valence-corrected chi connectivity index (χ4v) is 5.28. The molecule has 1 aliphatic heterocycles. The fraction of sp³-hybridized carbons (Fsp3) is 0.464. The number of aromatic nitrogens is 2. The van der Waals surface area contributed by atoms with Crippen LogP contribution in [0.4, 0.5) is 4.79 Å². The second-order valence-corrected chi connectivity index (χ2v) is 9.71. The predicted molar refractivity (Wildman–Crippen MR) is 136 cm³/mol. The normalized spacial score (nSPS) is 21.5. The molecule has 0 radical (unpaired) electrons. The van der Waals surface area contributed by atoms with Crippen LogP contribution >= 0.6 is 0 Å². The van der Waals surface area contributed by atoms with E-state index in [1.165, 1.54) is 6.42 Å². The predicted octanol–water partition coefficient (Wildman–Crippen LogP) is 5.21. The molecule has 3 aromatic rings. The van der Waals surface area contributed by atoms with Gasteiger partial charge in [-0.2, -0.15) is 0 Å². The lowest BCUT2D eigenvalue weighted by molar-refractivity contribution is 0.0948. The van der Waals surface area contributed by atoms with Crippen molar-refractivity contribution in [3.8, 4) is 11.5 Å². The molecule has 2 aliphatic rings. The van der Waals surface area contributed by atoms with E-state index in [1.807, 2.05) is 36.4 Å². The highest BCUT2D eigenvalue weighted by Gasteiger charge is 2.25. The lowest BCUT2D eigenvalue weighted by Gasteiger charge is -2.34. The van der Waals surface area contributed by atoms with Crippen LogP contribution in [0.2, 0.25) is 0 Å². The summed E-state index contributed by atoms with van der Waals surface area (Å²) in [5, 5.41) is 3.92. The molecule has 1 aliphatic carbocycles. The second kappa shape index (κ2) is 11.5. The maximum atomic E-state index is 12.5. The van der Waals surface area contributed by atoms with Crippen molar-refractivity contribution in [3.05, 3.63) is 61.1 Å². The average Bonchev–Trinajstić information content (AvgIpc) is 2.90. The van der Waals surface area contributed by atoms with Crippen LogP contribution in [0.15, 0.2) is 61.1 Å². The first kappa shape index (κ1) is 23.5. The number of para-hydroxylation sites is 1. The molecule has 5 rings (SSSR count). The van der Waals surface area contributed by atoms with Gasteiger partial charge >= 0.3 is 6.09 Å². The lowest BCUT2D eigenvalue weighted by atomic mass is 9.84. The topological polar surface area (TPSA) is 76.6 Å². The van der Waals surface area contributed by atoms with E-state index in [0.29, 0.717) is 11.9 Å². The molecule has 2 aromatic heterocycles. The van der Waals surface area contributed by atoms with Gasteiger partial charge < -0.3 is 19.7 Å². The van der Waals surface area contributed by atoms with E-state index in [-0.39, 0.29) is 12.1 Å². The van der Waals surface area contributed by atoms with Gasteiger partial charge in [-0.25, -0.2) is 4.79 Å². The van der Waals surface area contributed by atoms with Crippen LogP contribution in [0.1, 0.15) is 44.9 Å². The summed E-state index contributed by atoms with van der Waals surface area (Å²) < 4.78 is 11.7. The van der Waals surface area contributed by atoms with Crippen LogP contribution in [-0.2, 0) is 0 Å². The molecular formula is C28H34N4O3. The van der Waals surface area contributed by atoms with Gasteiger partial charge in [0.1, 0.15) is 17.6 Å². The van der Waals surface area contributed by atoms with Crippen molar-refractivity contribution in [2.75, 3.05) is 19.6 Å². The zero-order valence-corrected chi connectivity index (χ0v) is 20.1. The monoisotopic (exact) mass is 474 g/mol. The lowest BCUT2D eigenvalue weighted by Crippen LogP contribution is -2.41. The summed E-state index contributed by atoms with van der Waals surface area (Å²) in [6, 6.07) is 13.5. The van der Waals surface area contributed by atoms with Gasteiger partial charge in [0, 0.05) is 43.1 Å². The van der Waals surface area contributed by atoms with Crippen LogP contribution in [0.25, 0.3) is 10.9 Å². The largest absolute Gasteiger partial charge is 0.490 e. The summed E-state index contributed by atoms with van der Waals surface area (Å²) in [6.07, 6.45) is 12.9. The van der Waals surface area contributed by atoms with Crippen LogP contribution in [-0.4, -0.2) is 52.7 Å². The third-order valence-corrected chi connectivity index (χ3v) is 7.32. The molecule has 2 fully saturated rings. The van der Waals surface area contributed by atoms with Gasteiger partial charge in [0.05, 0.1) is 5.52 Å². The van der Waals surface area contributed by atoms with E-state index >= 15 is 0 Å². The van der Waals surface area contributed by atoms with Gasteiger partial charge in [0.15, 0.2) is 0 Å². The fourth-order valence-electron chi connectivity index (χ4n) is 5.28. The molecule has 7 heteroatoms. The smallest absolute Gasteiger partial charge is 0.412 e. The van der Waals surface area contributed by atoms with E-state index in [2.05, 4.69) is 20.2 Å². The van der Waals surface area contributed by atoms with Gasteiger partial charge in [0.25, 0.3) is 0 Å². The molecule has 0 unspecified atom stereocenters. The molecule has 7 nitrogen and oxygen atoms in total. The molecular weight excluding hydrogens is 440 g/mol. The average molecular weight is 475 g/mol. The number of carbonyl (C=O) groups is 1. The number of nitrogens with one attached hydrogen (secondary N) is 1. The number of pyridine rings is 2. The first-order chi connectivity index (χ1) is 17.2. The molecule has 184 valence electrons. The number of rotatable bonds is 7. The molecule has 0 spiro atoms. The van der Waals surface area contributed by atoms with E-state index < -0.39 is 0 Å². The zero-order valence-electron chi connectivity index (χ0n) is 20.1. The number of piperidine rings is 1. The van der Waals surface area contributed by atoms with Crippen LogP contribution in [0, 0.1) is 5.92 Å². The Morgan fingerprint density at radius 2 is 1.71 bits per heavy atom. The number of likely N-dealkylation sites (tertiary alicyclic amines) is 1. The number of hydrogen-bond acceptors (Lipinski definition) is 6. The number of amides is 1. The molecule has 1 aromatic carbocycles. The number of carbonyl (C=O) groups excluding carboxylic acids is 1. The van der Waals surface area contributed by atoms with Gasteiger partial charge in [-0.15, -0.1) is 0 Å². The maximum Gasteiger partial charge on any atom is 0.412 e. The van der Waals surface area contributed by atoms with Gasteiger partial charge in [-0.05, 0) is 87.7 Å². The standard InChI is InChI=1S/C28H34N4O3/c33-28(35-27-11-17-30-26-4-2-1-3-25(26)27)31-22-7-5-21(6-8-22)12-18-32-19-13-24(14-20-32)34-23-9-15-29-16-10-23/h1-4,9-11,15-17,21-22,24H,5-8,12-14,18-20H2,(H,31,33). The molecule has 0 atom stereocenters. The summed E-state index contributed by atoms with van der Waals surface area (Å²) >= 11 is 0. The number of benzene rings is 1. The van der Waals surface area contributed by atoms with E-state index in [4.69, 9.17) is 9.47 Å². The molecule has 1 saturated carbocycles. The molecule has 1 N–H and O–H groups in total. The Balaban J connectivity index is 0.991. The highest BCUT2D eigenvalue weighted by Crippen LogP contribution is 2.28. The zero-order chi connectivity index (χ0) is 23.9. The SMILES string of the molecule is O=C(NC1CCC(CCN2CCC(Oc3ccncc3)CC2)CC1)Oc1ccnc2ccccc12. The van der Waals surface area contributed by atoms with E-state index in [0.717, 1.165) is 80.7 Å². The number of hydrogen-bond donors (Lipinski definition) is 1. The third kappa shape index (κ3) is 6.48. The minimum Gasteiger partial charge on any atom is -0.490 e. The number of fused-ring (bicyclic) bond motifs is 1. The van der Waals surface area contributed by atoms with Crippen molar-refractivity contribution >= 4 is 17.0 Å². The van der Waals surface area contributed by atoms with E-state index in [9.17, 15) is 4.79 Å². The Labute approximate surface area is 206 Å². The minimum atomic E-state index is -0.373. The number of ether oxygens (including phenoxy) is 2. The number of nitrogens with zero attached hydrogens (tertiary/aromatic N) is 3. The van der Waals surface area contributed by atoms with Crippen molar-refractivity contribution in [3.63, 3.8) is 0 Å². The van der Waals surface area contributed by atoms with Crippen molar-refractivity contribution in [1.29, 1.82) is 0 Å². The molecule has 0 bridgehead atoms. The van der Waals surface area contributed by atoms with Crippen molar-refractivity contribution in [2.45, 2.75) is 57.1 Å². The molecule has 1 amide bonds. The Kier molecular flexibility index (Phi) is 7.73. The first-order valence-corrected chi connectivity index (χ1v) is 12.8. The third-order valence-electron chi connectivity index (χ3n) is 7.32. The van der Waals surface area contributed by atoms with Crippen LogP contribution in [0.5, 0.6) is 11.5 Å². The van der Waals surface area contributed by atoms with Gasteiger partial charge in [-0.3, -0.25) is 9.97 Å². The quantitative estimate of drug-likeness (QED) is 0.507. The Morgan fingerprint density at radius 1 is 0.943 bits per heavy atom. The Bertz CT molecular complexity index is 1090. The highest BCUT2D eigenvalue weighted by atomic mass is 16.6. The van der Waals surface area contributed by atoms with Crippen molar-refractivity contribution < 1.29 is 14.3 Å². The van der Waals surface area contributed by atoms with E-state index in [1.54, 1.807) is 24.7 Å². The highest BCUT2D eigenvalue weighted by molar-refractivity contribution is 5.87. The summed E-state index contributed by atoms with van der Waals surface area (Å²) in [6.45, 7) is 3.35. The maximum absolute atomic E-state index is 12.5. The minimum absolute atomic E-state index is 0.188.